The smallest absolute Gasteiger partial charge is 0.152 e. The number of likely N-dealkylation sites (N-methyl/N-ethyl adjacent to an activating group) is 1. The molecule has 5 heteroatoms. The molecule has 2 atom stereocenters. The van der Waals surface area contributed by atoms with Crippen LogP contribution in [0.15, 0.2) is 0 Å². The topological polar surface area (TPSA) is 52.6 Å². The number of likely N-dealkylation sites (tertiary alicyclic amines) is 1. The predicted octanol–water partition coefficient (Wildman–Crippen LogP) is 0.282. The van der Waals surface area contributed by atoms with Crippen molar-refractivity contribution in [2.24, 2.45) is 0 Å². The van der Waals surface area contributed by atoms with E-state index in [0.29, 0.717) is 11.8 Å². The van der Waals surface area contributed by atoms with E-state index in [-0.39, 0.29) is 0 Å². The van der Waals surface area contributed by atoms with Gasteiger partial charge in [-0.1, -0.05) is 0 Å². The average molecular weight is 220 g/mol. The molecule has 14 heavy (non-hydrogen) atoms. The number of rotatable bonds is 5. The number of nitrogens with one attached hydrogen (secondary N) is 1. The molecule has 0 saturated carbocycles. The molecule has 0 amide bonds. The Morgan fingerprint density at radius 2 is 2.43 bits per heavy atom. The maximum atomic E-state index is 10.4. The van der Waals surface area contributed by atoms with Crippen molar-refractivity contribution >= 4 is 11.1 Å². The quantitative estimate of drug-likeness (QED) is 0.654. The zero-order chi connectivity index (χ0) is 10.4. The van der Waals surface area contributed by atoms with Gasteiger partial charge in [0.15, 0.2) is 11.1 Å². The summed E-state index contributed by atoms with van der Waals surface area (Å²) in [6, 6.07) is 0.600. The fourth-order valence-corrected chi connectivity index (χ4v) is 2.28. The SMILES string of the molecule is CNC1CCCN(CCCS(=O)O)C1. The third-order valence-corrected chi connectivity index (χ3v) is 3.34. The Morgan fingerprint density at radius 3 is 3.07 bits per heavy atom. The van der Waals surface area contributed by atoms with E-state index >= 15 is 0 Å². The Balaban J connectivity index is 2.14. The van der Waals surface area contributed by atoms with Crippen molar-refractivity contribution in [2.45, 2.75) is 25.3 Å². The van der Waals surface area contributed by atoms with Crippen LogP contribution in [0.4, 0.5) is 0 Å². The number of piperidine rings is 1. The first-order valence-electron chi connectivity index (χ1n) is 5.19. The van der Waals surface area contributed by atoms with Crippen LogP contribution in [-0.2, 0) is 11.1 Å². The Kier molecular flexibility index (Phi) is 5.62. The Labute approximate surface area is 88.3 Å². The summed E-state index contributed by atoms with van der Waals surface area (Å²) < 4.78 is 19.1. The molecule has 0 aromatic heterocycles. The van der Waals surface area contributed by atoms with E-state index < -0.39 is 11.1 Å². The highest BCUT2D eigenvalue weighted by Crippen LogP contribution is 2.09. The minimum absolute atomic E-state index is 0.403. The van der Waals surface area contributed by atoms with Gasteiger partial charge >= 0.3 is 0 Å². The van der Waals surface area contributed by atoms with Crippen LogP contribution in [0.2, 0.25) is 0 Å². The van der Waals surface area contributed by atoms with Gasteiger partial charge in [0, 0.05) is 12.6 Å². The molecule has 1 aliphatic rings. The lowest BCUT2D eigenvalue weighted by atomic mass is 10.1. The molecule has 0 radical (unpaired) electrons. The standard InChI is InChI=1S/C9H20N2O2S/c1-10-9-4-2-5-11(8-9)6-3-7-14(12)13/h9-10H,2-8H2,1H3,(H,12,13). The fraction of sp³-hybridized carbons (Fsp3) is 1.00. The largest absolute Gasteiger partial charge is 0.316 e. The van der Waals surface area contributed by atoms with Crippen LogP contribution < -0.4 is 5.32 Å². The minimum Gasteiger partial charge on any atom is -0.316 e. The molecule has 0 bridgehead atoms. The van der Waals surface area contributed by atoms with Crippen molar-refractivity contribution in [3.63, 3.8) is 0 Å². The van der Waals surface area contributed by atoms with Crippen LogP contribution in [0.1, 0.15) is 19.3 Å². The molecule has 1 fully saturated rings. The minimum atomic E-state index is -1.62. The van der Waals surface area contributed by atoms with Gasteiger partial charge < -0.3 is 14.8 Å². The fourth-order valence-electron chi connectivity index (χ4n) is 1.91. The number of nitrogens with zero attached hydrogens (tertiary/aromatic N) is 1. The van der Waals surface area contributed by atoms with Gasteiger partial charge in [0.05, 0.1) is 5.75 Å². The lowest BCUT2D eigenvalue weighted by molar-refractivity contribution is 0.196. The van der Waals surface area contributed by atoms with Crippen LogP contribution in [0.5, 0.6) is 0 Å². The van der Waals surface area contributed by atoms with E-state index in [0.717, 1.165) is 26.1 Å². The second-order valence-corrected chi connectivity index (χ2v) is 4.86. The Hall–Kier alpha value is 0.0300. The lowest BCUT2D eigenvalue weighted by Gasteiger charge is -2.32. The molecule has 2 N–H and O–H groups in total. The van der Waals surface area contributed by atoms with Crippen LogP contribution >= 0.6 is 0 Å². The zero-order valence-corrected chi connectivity index (χ0v) is 9.55. The highest BCUT2D eigenvalue weighted by atomic mass is 32.2. The van der Waals surface area contributed by atoms with Gasteiger partial charge in [-0.05, 0) is 39.4 Å². The summed E-state index contributed by atoms with van der Waals surface area (Å²) in [7, 11) is 2.00. The monoisotopic (exact) mass is 220 g/mol. The van der Waals surface area contributed by atoms with E-state index in [9.17, 15) is 4.21 Å². The van der Waals surface area contributed by atoms with Crippen LogP contribution in [0.3, 0.4) is 0 Å². The van der Waals surface area contributed by atoms with Gasteiger partial charge in [-0.15, -0.1) is 0 Å². The molecule has 2 unspecified atom stereocenters. The summed E-state index contributed by atoms with van der Waals surface area (Å²) in [6.07, 6.45) is 3.30. The third kappa shape index (κ3) is 4.50. The summed E-state index contributed by atoms with van der Waals surface area (Å²) in [5, 5.41) is 3.28. The van der Waals surface area contributed by atoms with Gasteiger partial charge in [-0.2, -0.15) is 0 Å². The first-order valence-corrected chi connectivity index (χ1v) is 6.47. The molecular weight excluding hydrogens is 200 g/mol. The molecular formula is C9H20N2O2S. The highest BCUT2D eigenvalue weighted by molar-refractivity contribution is 7.79. The lowest BCUT2D eigenvalue weighted by Crippen LogP contribution is -2.44. The Bertz CT molecular complexity index is 190. The number of hydrogen-bond donors (Lipinski definition) is 2. The molecule has 0 aliphatic carbocycles. The van der Waals surface area contributed by atoms with Crippen molar-refractivity contribution in [3.8, 4) is 0 Å². The first kappa shape index (κ1) is 12.1. The van der Waals surface area contributed by atoms with E-state index in [4.69, 9.17) is 4.55 Å². The summed E-state index contributed by atoms with van der Waals surface area (Å²) in [5.74, 6) is 0.403. The molecule has 1 rings (SSSR count). The van der Waals surface area contributed by atoms with Crippen molar-refractivity contribution < 1.29 is 8.76 Å². The van der Waals surface area contributed by atoms with Crippen molar-refractivity contribution in [2.75, 3.05) is 32.4 Å². The van der Waals surface area contributed by atoms with E-state index in [1.165, 1.54) is 12.8 Å². The third-order valence-electron chi connectivity index (χ3n) is 2.71. The highest BCUT2D eigenvalue weighted by Gasteiger charge is 2.17. The predicted molar refractivity (Wildman–Crippen MR) is 58.8 cm³/mol. The zero-order valence-electron chi connectivity index (χ0n) is 8.74. The molecule has 1 heterocycles. The van der Waals surface area contributed by atoms with Crippen molar-refractivity contribution in [1.29, 1.82) is 0 Å². The average Bonchev–Trinajstić information content (AvgIpc) is 2.18. The molecule has 0 aromatic carbocycles. The second-order valence-electron chi connectivity index (χ2n) is 3.81. The van der Waals surface area contributed by atoms with E-state index in [1.54, 1.807) is 0 Å². The molecule has 0 aromatic rings. The molecule has 0 spiro atoms. The summed E-state index contributed by atoms with van der Waals surface area (Å²) in [5.41, 5.74) is 0. The van der Waals surface area contributed by atoms with Crippen molar-refractivity contribution in [1.82, 2.24) is 10.2 Å². The first-order chi connectivity index (χ1) is 6.72. The Morgan fingerprint density at radius 1 is 1.64 bits per heavy atom. The molecule has 1 aliphatic heterocycles. The summed E-state index contributed by atoms with van der Waals surface area (Å²) >= 11 is -1.62. The van der Waals surface area contributed by atoms with Crippen LogP contribution in [0, 0.1) is 0 Å². The summed E-state index contributed by atoms with van der Waals surface area (Å²) in [6.45, 7) is 3.16. The number of hydrogen-bond acceptors (Lipinski definition) is 3. The van der Waals surface area contributed by atoms with Gasteiger partial charge in [0.1, 0.15) is 0 Å². The van der Waals surface area contributed by atoms with E-state index in [2.05, 4.69) is 10.2 Å². The second kappa shape index (κ2) is 6.50. The van der Waals surface area contributed by atoms with Gasteiger partial charge in [-0.25, -0.2) is 4.21 Å². The molecule has 4 nitrogen and oxygen atoms in total. The van der Waals surface area contributed by atoms with Crippen LogP contribution in [-0.4, -0.2) is 52.1 Å². The van der Waals surface area contributed by atoms with Gasteiger partial charge in [0.2, 0.25) is 0 Å². The van der Waals surface area contributed by atoms with Gasteiger partial charge in [0.25, 0.3) is 0 Å². The maximum Gasteiger partial charge on any atom is 0.152 e. The molecule has 1 saturated heterocycles. The van der Waals surface area contributed by atoms with Crippen molar-refractivity contribution in [3.05, 3.63) is 0 Å². The molecule has 84 valence electrons. The van der Waals surface area contributed by atoms with Crippen LogP contribution in [0.25, 0.3) is 0 Å². The maximum absolute atomic E-state index is 10.4. The van der Waals surface area contributed by atoms with E-state index in [1.807, 2.05) is 7.05 Å². The summed E-state index contributed by atoms with van der Waals surface area (Å²) in [4.78, 5) is 2.37. The van der Waals surface area contributed by atoms with Gasteiger partial charge in [-0.3, -0.25) is 0 Å². The normalized spacial score (nSPS) is 26.3.